The molecule has 0 amide bonds. The van der Waals surface area contributed by atoms with Crippen LogP contribution in [0.1, 0.15) is 55.5 Å². The van der Waals surface area contributed by atoms with Crippen molar-refractivity contribution < 1.29 is 4.42 Å². The Bertz CT molecular complexity index is 1790. The molecule has 0 aliphatic heterocycles. The van der Waals surface area contributed by atoms with Crippen LogP contribution in [0.25, 0.3) is 39.0 Å². The van der Waals surface area contributed by atoms with Crippen LogP contribution >= 0.6 is 0 Å². The number of aryl methyl sites for hydroxylation is 2. The van der Waals surface area contributed by atoms with Gasteiger partial charge in [-0.2, -0.15) is 0 Å². The molecule has 6 rings (SSSR count). The molecule has 3 nitrogen and oxygen atoms in total. The Morgan fingerprint density at radius 2 is 1.54 bits per heavy atom. The Morgan fingerprint density at radius 1 is 0.846 bits per heavy atom. The molecule has 2 aromatic heterocycles. The number of fused-ring (bicyclic) bond motifs is 3. The van der Waals surface area contributed by atoms with Crippen molar-refractivity contribution in [2.75, 3.05) is 0 Å². The molecule has 3 heteroatoms. The minimum Gasteiger partial charge on any atom is -0.456 e. The van der Waals surface area contributed by atoms with Gasteiger partial charge in [-0.15, -0.1) is 0 Å². The summed E-state index contributed by atoms with van der Waals surface area (Å²) in [6, 6.07) is 28.1. The van der Waals surface area contributed by atoms with Gasteiger partial charge in [0.1, 0.15) is 17.0 Å². The van der Waals surface area contributed by atoms with Gasteiger partial charge in [0.15, 0.2) is 0 Å². The summed E-state index contributed by atoms with van der Waals surface area (Å²) >= 11 is 0. The molecule has 0 saturated heterocycles. The second kappa shape index (κ2) is 9.57. The summed E-state index contributed by atoms with van der Waals surface area (Å²) in [7, 11) is 0. The maximum absolute atomic E-state index is 6.31. The summed E-state index contributed by atoms with van der Waals surface area (Å²) in [5, 5.41) is 2.35. The molecule has 2 heterocycles. The fourth-order valence-corrected chi connectivity index (χ4v) is 5.93. The summed E-state index contributed by atoms with van der Waals surface area (Å²) in [5.74, 6) is 1.49. The lowest BCUT2D eigenvalue weighted by atomic mass is 9.73. The molecule has 0 N–H and O–H groups in total. The van der Waals surface area contributed by atoms with Crippen molar-refractivity contribution in [1.29, 1.82) is 0 Å². The van der Waals surface area contributed by atoms with Crippen LogP contribution < -0.4 is 0 Å². The second-order valence-corrected chi connectivity index (χ2v) is 11.7. The number of para-hydroxylation sites is 2. The minimum absolute atomic E-state index is 0.0268. The Hall–Kier alpha value is -4.11. The van der Waals surface area contributed by atoms with Gasteiger partial charge in [0.05, 0.1) is 5.69 Å². The average Bonchev–Trinajstić information content (AvgIpc) is 3.54. The van der Waals surface area contributed by atoms with E-state index in [9.17, 15) is 0 Å². The third-order valence-electron chi connectivity index (χ3n) is 8.62. The lowest BCUT2D eigenvalue weighted by molar-refractivity contribution is 0.373. The van der Waals surface area contributed by atoms with Gasteiger partial charge in [-0.3, -0.25) is 4.57 Å². The molecule has 0 unspecified atom stereocenters. The van der Waals surface area contributed by atoms with Crippen LogP contribution in [0.3, 0.4) is 0 Å². The van der Waals surface area contributed by atoms with Crippen LogP contribution in [0.4, 0.5) is 0 Å². The molecule has 4 aromatic carbocycles. The number of rotatable bonds is 6. The predicted octanol–water partition coefficient (Wildman–Crippen LogP) is 9.58. The van der Waals surface area contributed by atoms with Gasteiger partial charge in [-0.05, 0) is 59.1 Å². The molecule has 6 aromatic rings. The minimum atomic E-state index is 0.0268. The molecule has 196 valence electrons. The molecule has 0 fully saturated rings. The highest BCUT2D eigenvalue weighted by Crippen LogP contribution is 2.39. The van der Waals surface area contributed by atoms with Gasteiger partial charge in [-0.25, -0.2) is 4.98 Å². The average molecular weight is 513 g/mol. The number of hydrogen-bond acceptors (Lipinski definition) is 2. The highest BCUT2D eigenvalue weighted by atomic mass is 16.3. The number of imidazole rings is 1. The Labute approximate surface area is 231 Å². The summed E-state index contributed by atoms with van der Waals surface area (Å²) in [6.45, 7) is 13.7. The fourth-order valence-electron chi connectivity index (χ4n) is 5.93. The van der Waals surface area contributed by atoms with E-state index < -0.39 is 0 Å². The number of hydrogen-bond donors (Lipinski definition) is 0. The van der Waals surface area contributed by atoms with E-state index in [1.807, 2.05) is 18.3 Å². The lowest BCUT2D eigenvalue weighted by Crippen LogP contribution is -2.25. The smallest absolute Gasteiger partial charge is 0.144 e. The Kier molecular flexibility index (Phi) is 6.18. The van der Waals surface area contributed by atoms with E-state index in [0.717, 1.165) is 23.4 Å². The first-order valence-electron chi connectivity index (χ1n) is 13.9. The third-order valence-corrected chi connectivity index (χ3v) is 8.62. The Morgan fingerprint density at radius 3 is 2.31 bits per heavy atom. The van der Waals surface area contributed by atoms with E-state index in [1.54, 1.807) is 0 Å². The first-order chi connectivity index (χ1) is 18.8. The van der Waals surface area contributed by atoms with E-state index >= 15 is 0 Å². The third kappa shape index (κ3) is 4.27. The maximum atomic E-state index is 6.31. The standard InChI is InChI=1S/C36H36N2O/c1-23(2)36(5,6)31-16-9-7-14-30(31)35-37-18-19-38(35)33-24(3)20-26(21-25(33)4)22-27-12-11-15-29-28-13-8-10-17-32(28)39-34(27)29/h7-21,23H,22H2,1-6H3. The van der Waals surface area contributed by atoms with Gasteiger partial charge < -0.3 is 4.42 Å². The number of benzene rings is 4. The van der Waals surface area contributed by atoms with Crippen LogP contribution in [0.5, 0.6) is 0 Å². The molecular weight excluding hydrogens is 476 g/mol. The van der Waals surface area contributed by atoms with E-state index in [2.05, 4.69) is 119 Å². The monoisotopic (exact) mass is 512 g/mol. The van der Waals surface area contributed by atoms with E-state index in [1.165, 1.54) is 49.8 Å². The molecule has 0 bridgehead atoms. The van der Waals surface area contributed by atoms with Gasteiger partial charge in [-0.1, -0.05) is 100 Å². The van der Waals surface area contributed by atoms with Crippen LogP contribution in [-0.2, 0) is 11.8 Å². The summed E-state index contributed by atoms with van der Waals surface area (Å²) in [6.07, 6.45) is 4.84. The van der Waals surface area contributed by atoms with Crippen LogP contribution in [0.2, 0.25) is 0 Å². The molecule has 0 saturated carbocycles. The van der Waals surface area contributed by atoms with Crippen molar-refractivity contribution >= 4 is 21.9 Å². The Balaban J connectivity index is 1.41. The molecule has 0 aliphatic carbocycles. The lowest BCUT2D eigenvalue weighted by Gasteiger charge is -2.32. The first-order valence-corrected chi connectivity index (χ1v) is 13.9. The van der Waals surface area contributed by atoms with Gasteiger partial charge >= 0.3 is 0 Å². The highest BCUT2D eigenvalue weighted by molar-refractivity contribution is 6.05. The second-order valence-electron chi connectivity index (χ2n) is 11.7. The first kappa shape index (κ1) is 25.2. The number of nitrogens with zero attached hydrogens (tertiary/aromatic N) is 2. The van der Waals surface area contributed by atoms with Crippen LogP contribution in [0, 0.1) is 19.8 Å². The highest BCUT2D eigenvalue weighted by Gasteiger charge is 2.29. The quantitative estimate of drug-likeness (QED) is 0.222. The zero-order valence-electron chi connectivity index (χ0n) is 23.7. The largest absolute Gasteiger partial charge is 0.456 e. The number of aromatic nitrogens is 2. The van der Waals surface area contributed by atoms with Crippen molar-refractivity contribution in [3.63, 3.8) is 0 Å². The van der Waals surface area contributed by atoms with E-state index in [4.69, 9.17) is 9.40 Å². The van der Waals surface area contributed by atoms with E-state index in [-0.39, 0.29) is 5.41 Å². The van der Waals surface area contributed by atoms with Crippen LogP contribution in [-0.4, -0.2) is 9.55 Å². The zero-order chi connectivity index (χ0) is 27.3. The van der Waals surface area contributed by atoms with Gasteiger partial charge in [0.2, 0.25) is 0 Å². The molecule has 39 heavy (non-hydrogen) atoms. The molecule has 0 spiro atoms. The SMILES string of the molecule is Cc1cc(Cc2cccc3c2oc2ccccc23)cc(C)c1-n1ccnc1-c1ccccc1C(C)(C)C(C)C. The maximum Gasteiger partial charge on any atom is 0.144 e. The van der Waals surface area contributed by atoms with Crippen molar-refractivity contribution in [2.24, 2.45) is 5.92 Å². The molecule has 0 atom stereocenters. The fraction of sp³-hybridized carbons (Fsp3) is 0.250. The molecule has 0 aliphatic rings. The summed E-state index contributed by atoms with van der Waals surface area (Å²) in [4.78, 5) is 4.87. The van der Waals surface area contributed by atoms with Gasteiger partial charge in [0, 0.05) is 35.2 Å². The topological polar surface area (TPSA) is 31.0 Å². The van der Waals surface area contributed by atoms with Crippen molar-refractivity contribution in [2.45, 2.75) is 53.4 Å². The van der Waals surface area contributed by atoms with Gasteiger partial charge in [0.25, 0.3) is 0 Å². The number of furan rings is 1. The van der Waals surface area contributed by atoms with Crippen molar-refractivity contribution in [3.8, 4) is 17.1 Å². The predicted molar refractivity (Wildman–Crippen MR) is 163 cm³/mol. The summed E-state index contributed by atoms with van der Waals surface area (Å²) in [5.41, 5.74) is 10.6. The summed E-state index contributed by atoms with van der Waals surface area (Å²) < 4.78 is 8.57. The van der Waals surface area contributed by atoms with Crippen molar-refractivity contribution in [1.82, 2.24) is 9.55 Å². The molecular formula is C36H36N2O. The zero-order valence-corrected chi connectivity index (χ0v) is 23.7. The normalized spacial score (nSPS) is 12.2. The van der Waals surface area contributed by atoms with E-state index in [0.29, 0.717) is 5.92 Å². The molecule has 0 radical (unpaired) electrons. The van der Waals surface area contributed by atoms with Crippen LogP contribution in [0.15, 0.2) is 95.7 Å². The van der Waals surface area contributed by atoms with Crippen molar-refractivity contribution in [3.05, 3.63) is 119 Å².